The second kappa shape index (κ2) is 4.94. The second-order valence-corrected chi connectivity index (χ2v) is 4.64. The predicted octanol–water partition coefficient (Wildman–Crippen LogP) is 3.91. The Morgan fingerprint density at radius 3 is 2.84 bits per heavy atom. The van der Waals surface area contributed by atoms with Crippen LogP contribution in [0.3, 0.4) is 0 Å². The van der Waals surface area contributed by atoms with Crippen LogP contribution in [0.4, 0.5) is 0 Å². The molecule has 0 radical (unpaired) electrons. The lowest BCUT2D eigenvalue weighted by molar-refractivity contribution is 0.943. The van der Waals surface area contributed by atoms with Crippen LogP contribution in [0, 0.1) is 0 Å². The van der Waals surface area contributed by atoms with E-state index in [9.17, 15) is 0 Å². The van der Waals surface area contributed by atoms with Crippen LogP contribution >= 0.6 is 11.6 Å². The van der Waals surface area contributed by atoms with E-state index in [1.807, 2.05) is 31.2 Å². The minimum absolute atomic E-state index is 0.480. The molecular formula is C15H12ClN3. The fourth-order valence-electron chi connectivity index (χ4n) is 2.01. The van der Waals surface area contributed by atoms with Gasteiger partial charge in [0.15, 0.2) is 0 Å². The van der Waals surface area contributed by atoms with Crippen LogP contribution in [0.1, 0.15) is 12.7 Å². The van der Waals surface area contributed by atoms with Gasteiger partial charge in [-0.15, -0.1) is 0 Å². The molecule has 0 spiro atoms. The maximum absolute atomic E-state index is 6.03. The second-order valence-electron chi connectivity index (χ2n) is 4.26. The first kappa shape index (κ1) is 12.1. The molecule has 94 valence electrons. The van der Waals surface area contributed by atoms with Crippen LogP contribution in [0.5, 0.6) is 0 Å². The van der Waals surface area contributed by atoms with Crippen LogP contribution in [0.25, 0.3) is 22.2 Å². The zero-order valence-corrected chi connectivity index (χ0v) is 11.2. The van der Waals surface area contributed by atoms with E-state index in [1.165, 1.54) is 0 Å². The molecule has 0 amide bonds. The summed E-state index contributed by atoms with van der Waals surface area (Å²) in [4.78, 5) is 13.0. The van der Waals surface area contributed by atoms with Gasteiger partial charge in [-0.2, -0.15) is 0 Å². The topological polar surface area (TPSA) is 38.7 Å². The number of benzene rings is 1. The fourth-order valence-corrected chi connectivity index (χ4v) is 2.21. The molecule has 3 nitrogen and oxygen atoms in total. The summed E-state index contributed by atoms with van der Waals surface area (Å²) >= 11 is 6.03. The van der Waals surface area contributed by atoms with Gasteiger partial charge in [0, 0.05) is 29.6 Å². The summed E-state index contributed by atoms with van der Waals surface area (Å²) in [6.07, 6.45) is 2.56. The number of halogens is 1. The first-order valence-electron chi connectivity index (χ1n) is 6.15. The monoisotopic (exact) mass is 269 g/mol. The molecule has 3 rings (SSSR count). The Labute approximate surface area is 116 Å². The maximum atomic E-state index is 6.03. The molecule has 0 unspecified atom stereocenters. The van der Waals surface area contributed by atoms with Crippen molar-refractivity contribution in [1.29, 1.82) is 0 Å². The lowest BCUT2D eigenvalue weighted by atomic mass is 10.1. The molecular weight excluding hydrogens is 258 g/mol. The van der Waals surface area contributed by atoms with Gasteiger partial charge in [0.2, 0.25) is 0 Å². The standard InChI is InChI=1S/C15H12ClN3/c1-2-15-18-13(9-14(16)19-15)11-5-6-12-10(8-11)4-3-7-17-12/h3-9H,2H2,1H3. The average Bonchev–Trinajstić information content (AvgIpc) is 2.46. The Bertz CT molecular complexity index is 740. The third-order valence-electron chi connectivity index (χ3n) is 2.96. The van der Waals surface area contributed by atoms with Gasteiger partial charge in [0.1, 0.15) is 11.0 Å². The highest BCUT2D eigenvalue weighted by Crippen LogP contribution is 2.23. The Balaban J connectivity index is 2.15. The van der Waals surface area contributed by atoms with Crippen molar-refractivity contribution < 1.29 is 0 Å². The van der Waals surface area contributed by atoms with Crippen LogP contribution < -0.4 is 0 Å². The van der Waals surface area contributed by atoms with Gasteiger partial charge in [-0.25, -0.2) is 9.97 Å². The summed E-state index contributed by atoms with van der Waals surface area (Å²) in [5.74, 6) is 0.758. The third kappa shape index (κ3) is 2.42. The van der Waals surface area contributed by atoms with Gasteiger partial charge in [-0.05, 0) is 18.2 Å². The average molecular weight is 270 g/mol. The zero-order chi connectivity index (χ0) is 13.2. The number of aryl methyl sites for hydroxylation is 1. The molecule has 0 aliphatic heterocycles. The highest BCUT2D eigenvalue weighted by molar-refractivity contribution is 6.29. The van der Waals surface area contributed by atoms with E-state index in [0.29, 0.717) is 5.15 Å². The predicted molar refractivity (Wildman–Crippen MR) is 77.2 cm³/mol. The summed E-state index contributed by atoms with van der Waals surface area (Å²) in [5, 5.41) is 1.57. The van der Waals surface area contributed by atoms with Gasteiger partial charge >= 0.3 is 0 Å². The Morgan fingerprint density at radius 2 is 2.00 bits per heavy atom. The first-order chi connectivity index (χ1) is 9.26. The Morgan fingerprint density at radius 1 is 1.11 bits per heavy atom. The van der Waals surface area contributed by atoms with E-state index in [0.717, 1.165) is 34.4 Å². The molecule has 0 atom stereocenters. The molecule has 19 heavy (non-hydrogen) atoms. The summed E-state index contributed by atoms with van der Waals surface area (Å²) in [5.41, 5.74) is 2.85. The van der Waals surface area contributed by atoms with Crippen molar-refractivity contribution in [3.63, 3.8) is 0 Å². The number of pyridine rings is 1. The molecule has 2 aromatic heterocycles. The van der Waals surface area contributed by atoms with Crippen LogP contribution in [-0.2, 0) is 6.42 Å². The third-order valence-corrected chi connectivity index (χ3v) is 3.15. The summed E-state index contributed by atoms with van der Waals surface area (Å²) < 4.78 is 0. The zero-order valence-electron chi connectivity index (χ0n) is 10.5. The highest BCUT2D eigenvalue weighted by atomic mass is 35.5. The molecule has 0 fully saturated rings. The number of nitrogens with zero attached hydrogens (tertiary/aromatic N) is 3. The minimum Gasteiger partial charge on any atom is -0.256 e. The number of rotatable bonds is 2. The minimum atomic E-state index is 0.480. The molecule has 0 N–H and O–H groups in total. The first-order valence-corrected chi connectivity index (χ1v) is 6.52. The van der Waals surface area contributed by atoms with Crippen molar-refractivity contribution in [2.75, 3.05) is 0 Å². The molecule has 0 saturated heterocycles. The molecule has 3 aromatic rings. The van der Waals surface area contributed by atoms with Gasteiger partial charge < -0.3 is 0 Å². The van der Waals surface area contributed by atoms with Crippen molar-refractivity contribution in [3.05, 3.63) is 53.6 Å². The number of fused-ring (bicyclic) bond motifs is 1. The van der Waals surface area contributed by atoms with Crippen molar-refractivity contribution >= 4 is 22.5 Å². The SMILES string of the molecule is CCc1nc(Cl)cc(-c2ccc3ncccc3c2)n1. The Hall–Kier alpha value is -2.00. The molecule has 4 heteroatoms. The molecule has 0 bridgehead atoms. The maximum Gasteiger partial charge on any atom is 0.133 e. The summed E-state index contributed by atoms with van der Waals surface area (Å²) in [7, 11) is 0. The van der Waals surface area contributed by atoms with E-state index < -0.39 is 0 Å². The van der Waals surface area contributed by atoms with Crippen LogP contribution in [-0.4, -0.2) is 15.0 Å². The van der Waals surface area contributed by atoms with Gasteiger partial charge in [-0.3, -0.25) is 4.98 Å². The molecule has 0 saturated carbocycles. The quantitative estimate of drug-likeness (QED) is 0.662. The van der Waals surface area contributed by atoms with Crippen molar-refractivity contribution in [3.8, 4) is 11.3 Å². The van der Waals surface area contributed by atoms with E-state index in [4.69, 9.17) is 11.6 Å². The number of hydrogen-bond acceptors (Lipinski definition) is 3. The summed E-state index contributed by atoms with van der Waals surface area (Å²) in [6, 6.07) is 11.8. The van der Waals surface area contributed by atoms with Crippen molar-refractivity contribution in [1.82, 2.24) is 15.0 Å². The van der Waals surface area contributed by atoms with Crippen LogP contribution in [0.2, 0.25) is 5.15 Å². The van der Waals surface area contributed by atoms with E-state index >= 15 is 0 Å². The van der Waals surface area contributed by atoms with E-state index in [-0.39, 0.29) is 0 Å². The van der Waals surface area contributed by atoms with Crippen molar-refractivity contribution in [2.24, 2.45) is 0 Å². The lowest BCUT2D eigenvalue weighted by Crippen LogP contribution is -1.95. The van der Waals surface area contributed by atoms with E-state index in [2.05, 4.69) is 21.0 Å². The molecule has 1 aromatic carbocycles. The fraction of sp³-hybridized carbons (Fsp3) is 0.133. The smallest absolute Gasteiger partial charge is 0.133 e. The van der Waals surface area contributed by atoms with Gasteiger partial charge in [0.05, 0.1) is 11.2 Å². The van der Waals surface area contributed by atoms with Crippen molar-refractivity contribution in [2.45, 2.75) is 13.3 Å². The largest absolute Gasteiger partial charge is 0.256 e. The number of hydrogen-bond donors (Lipinski definition) is 0. The molecule has 0 aliphatic rings. The molecule has 2 heterocycles. The van der Waals surface area contributed by atoms with Gasteiger partial charge in [0.25, 0.3) is 0 Å². The molecule has 0 aliphatic carbocycles. The normalized spacial score (nSPS) is 10.8. The van der Waals surface area contributed by atoms with E-state index in [1.54, 1.807) is 12.3 Å². The highest BCUT2D eigenvalue weighted by Gasteiger charge is 2.05. The summed E-state index contributed by atoms with van der Waals surface area (Å²) in [6.45, 7) is 2.01. The number of aromatic nitrogens is 3. The Kier molecular flexibility index (Phi) is 3.13. The lowest BCUT2D eigenvalue weighted by Gasteiger charge is -2.05. The van der Waals surface area contributed by atoms with Crippen LogP contribution in [0.15, 0.2) is 42.6 Å². The van der Waals surface area contributed by atoms with Gasteiger partial charge in [-0.1, -0.05) is 30.7 Å².